The zero-order valence-corrected chi connectivity index (χ0v) is 10.6. The predicted octanol–water partition coefficient (Wildman–Crippen LogP) is 2.35. The Morgan fingerprint density at radius 1 is 1.32 bits per heavy atom. The van der Waals surface area contributed by atoms with Crippen LogP contribution in [0.15, 0.2) is 22.6 Å². The molecule has 0 spiro atoms. The van der Waals surface area contributed by atoms with Crippen molar-refractivity contribution in [2.24, 2.45) is 0 Å². The van der Waals surface area contributed by atoms with Crippen molar-refractivity contribution < 1.29 is 18.3 Å². The van der Waals surface area contributed by atoms with Gasteiger partial charge in [0, 0.05) is 24.0 Å². The number of amides is 1. The van der Waals surface area contributed by atoms with Crippen LogP contribution in [-0.2, 0) is 4.74 Å². The lowest BCUT2D eigenvalue weighted by Crippen LogP contribution is -2.40. The molecule has 100 valence electrons. The Balaban J connectivity index is 2.00. The van der Waals surface area contributed by atoms with E-state index >= 15 is 0 Å². The van der Waals surface area contributed by atoms with Gasteiger partial charge in [0.1, 0.15) is 11.4 Å². The number of hydrogen-bond acceptors (Lipinski definition) is 3. The van der Waals surface area contributed by atoms with Crippen molar-refractivity contribution in [3.05, 3.63) is 35.3 Å². The number of nitrogens with zero attached hydrogens (tertiary/aromatic N) is 1. The smallest absolute Gasteiger partial charge is 0.290 e. The van der Waals surface area contributed by atoms with Crippen molar-refractivity contribution >= 4 is 16.9 Å². The minimum atomic E-state index is -0.332. The molecule has 1 aliphatic heterocycles. The normalized spacial score (nSPS) is 16.0. The van der Waals surface area contributed by atoms with Gasteiger partial charge in [-0.25, -0.2) is 4.39 Å². The number of benzene rings is 1. The van der Waals surface area contributed by atoms with E-state index in [1.165, 1.54) is 12.1 Å². The van der Waals surface area contributed by atoms with Crippen LogP contribution < -0.4 is 0 Å². The number of carbonyl (C=O) groups is 1. The third kappa shape index (κ3) is 2.10. The van der Waals surface area contributed by atoms with Gasteiger partial charge in [0.25, 0.3) is 5.91 Å². The van der Waals surface area contributed by atoms with E-state index < -0.39 is 0 Å². The first-order valence-corrected chi connectivity index (χ1v) is 6.22. The molecule has 0 saturated carbocycles. The van der Waals surface area contributed by atoms with Gasteiger partial charge in [-0.05, 0) is 25.1 Å². The number of carbonyl (C=O) groups excluding carboxylic acids is 1. The van der Waals surface area contributed by atoms with Gasteiger partial charge in [-0.2, -0.15) is 0 Å². The van der Waals surface area contributed by atoms with Gasteiger partial charge in [0.05, 0.1) is 13.2 Å². The number of ether oxygens (including phenoxy) is 1. The topological polar surface area (TPSA) is 42.7 Å². The van der Waals surface area contributed by atoms with Crippen molar-refractivity contribution in [3.8, 4) is 0 Å². The van der Waals surface area contributed by atoms with E-state index in [0.29, 0.717) is 48.6 Å². The second-order valence-corrected chi connectivity index (χ2v) is 4.60. The Labute approximate surface area is 109 Å². The number of halogens is 1. The van der Waals surface area contributed by atoms with Gasteiger partial charge in [-0.1, -0.05) is 0 Å². The van der Waals surface area contributed by atoms with Gasteiger partial charge in [0.15, 0.2) is 5.76 Å². The summed E-state index contributed by atoms with van der Waals surface area (Å²) in [7, 11) is 0. The molecule has 2 heterocycles. The van der Waals surface area contributed by atoms with E-state index in [9.17, 15) is 9.18 Å². The van der Waals surface area contributed by atoms with Crippen molar-refractivity contribution in [2.45, 2.75) is 6.92 Å². The lowest BCUT2D eigenvalue weighted by Gasteiger charge is -2.26. The summed E-state index contributed by atoms with van der Waals surface area (Å²) in [6, 6.07) is 4.27. The summed E-state index contributed by atoms with van der Waals surface area (Å²) in [4.78, 5) is 14.1. The molecule has 0 atom stereocenters. The first kappa shape index (κ1) is 12.2. The van der Waals surface area contributed by atoms with Crippen LogP contribution in [0.25, 0.3) is 11.0 Å². The lowest BCUT2D eigenvalue weighted by molar-refractivity contribution is 0.0283. The van der Waals surface area contributed by atoms with Crippen LogP contribution in [0.2, 0.25) is 0 Å². The van der Waals surface area contributed by atoms with E-state index in [0.717, 1.165) is 0 Å². The predicted molar refractivity (Wildman–Crippen MR) is 67.6 cm³/mol. The molecule has 1 saturated heterocycles. The number of hydrogen-bond donors (Lipinski definition) is 0. The maximum absolute atomic E-state index is 13.2. The van der Waals surface area contributed by atoms with Crippen LogP contribution in [0.4, 0.5) is 4.39 Å². The average molecular weight is 263 g/mol. The zero-order chi connectivity index (χ0) is 13.4. The number of morpholine rings is 1. The molecule has 0 bridgehead atoms. The van der Waals surface area contributed by atoms with Crippen molar-refractivity contribution in [2.75, 3.05) is 26.3 Å². The average Bonchev–Trinajstić information content (AvgIpc) is 2.76. The van der Waals surface area contributed by atoms with Gasteiger partial charge in [0.2, 0.25) is 0 Å². The molecule has 19 heavy (non-hydrogen) atoms. The molecule has 0 unspecified atom stereocenters. The minimum absolute atomic E-state index is 0.155. The summed E-state index contributed by atoms with van der Waals surface area (Å²) in [6.45, 7) is 3.98. The van der Waals surface area contributed by atoms with Crippen molar-refractivity contribution in [1.29, 1.82) is 0 Å². The van der Waals surface area contributed by atoms with Crippen LogP contribution in [-0.4, -0.2) is 37.1 Å². The molecule has 1 aliphatic rings. The molecule has 4 nitrogen and oxygen atoms in total. The Morgan fingerprint density at radius 2 is 2.05 bits per heavy atom. The largest absolute Gasteiger partial charge is 0.451 e. The first-order chi connectivity index (χ1) is 9.16. The van der Waals surface area contributed by atoms with Crippen molar-refractivity contribution in [1.82, 2.24) is 4.90 Å². The fourth-order valence-corrected chi connectivity index (χ4v) is 2.31. The highest BCUT2D eigenvalue weighted by atomic mass is 19.1. The van der Waals surface area contributed by atoms with Gasteiger partial charge < -0.3 is 14.1 Å². The maximum Gasteiger partial charge on any atom is 0.290 e. The van der Waals surface area contributed by atoms with Crippen LogP contribution in [0.5, 0.6) is 0 Å². The quantitative estimate of drug-likeness (QED) is 0.793. The van der Waals surface area contributed by atoms with Crippen molar-refractivity contribution in [3.63, 3.8) is 0 Å². The molecule has 1 aromatic carbocycles. The van der Waals surface area contributed by atoms with Crippen LogP contribution in [0.3, 0.4) is 0 Å². The standard InChI is InChI=1S/C14H14FNO3/c1-9-11-8-10(15)2-3-12(11)19-13(9)14(17)16-4-6-18-7-5-16/h2-3,8H,4-7H2,1H3. The fraction of sp³-hybridized carbons (Fsp3) is 0.357. The third-order valence-electron chi connectivity index (χ3n) is 3.39. The monoisotopic (exact) mass is 263 g/mol. The molecule has 1 amide bonds. The van der Waals surface area contributed by atoms with E-state index in [2.05, 4.69) is 0 Å². The van der Waals surface area contributed by atoms with Crippen LogP contribution >= 0.6 is 0 Å². The van der Waals surface area contributed by atoms with E-state index in [4.69, 9.17) is 9.15 Å². The summed E-state index contributed by atoms with van der Waals surface area (Å²) >= 11 is 0. The molecule has 0 aliphatic carbocycles. The molecule has 0 N–H and O–H groups in total. The summed E-state index contributed by atoms with van der Waals surface area (Å²) < 4.78 is 24.0. The Bertz CT molecular complexity index is 629. The maximum atomic E-state index is 13.2. The molecule has 1 fully saturated rings. The van der Waals surface area contributed by atoms with E-state index in [1.807, 2.05) is 0 Å². The minimum Gasteiger partial charge on any atom is -0.451 e. The van der Waals surface area contributed by atoms with Crippen LogP contribution in [0, 0.1) is 12.7 Å². The highest BCUT2D eigenvalue weighted by Gasteiger charge is 2.24. The number of fused-ring (bicyclic) bond motifs is 1. The summed E-state index contributed by atoms with van der Waals surface area (Å²) in [5, 5.41) is 0.650. The molecule has 5 heteroatoms. The molecule has 3 rings (SSSR count). The number of rotatable bonds is 1. The first-order valence-electron chi connectivity index (χ1n) is 6.22. The van der Waals surface area contributed by atoms with Gasteiger partial charge in [-0.15, -0.1) is 0 Å². The second-order valence-electron chi connectivity index (χ2n) is 4.60. The van der Waals surface area contributed by atoms with E-state index in [1.54, 1.807) is 17.9 Å². The molecule has 0 radical (unpaired) electrons. The SMILES string of the molecule is Cc1c(C(=O)N2CCOCC2)oc2ccc(F)cc12. The third-order valence-corrected chi connectivity index (χ3v) is 3.39. The molecular weight excluding hydrogens is 249 g/mol. The summed E-state index contributed by atoms with van der Waals surface area (Å²) in [5.74, 6) is -0.193. The highest BCUT2D eigenvalue weighted by molar-refractivity contribution is 5.98. The summed E-state index contributed by atoms with van der Waals surface area (Å²) in [5.41, 5.74) is 1.22. The number of aryl methyl sites for hydroxylation is 1. The van der Waals surface area contributed by atoms with E-state index in [-0.39, 0.29) is 11.7 Å². The second kappa shape index (κ2) is 4.66. The Morgan fingerprint density at radius 3 is 2.79 bits per heavy atom. The van der Waals surface area contributed by atoms with Gasteiger partial charge >= 0.3 is 0 Å². The highest BCUT2D eigenvalue weighted by Crippen LogP contribution is 2.27. The number of furan rings is 1. The molecular formula is C14H14FNO3. The molecule has 1 aromatic heterocycles. The van der Waals surface area contributed by atoms with Gasteiger partial charge in [-0.3, -0.25) is 4.79 Å². The Hall–Kier alpha value is -1.88. The lowest BCUT2D eigenvalue weighted by atomic mass is 10.1. The zero-order valence-electron chi connectivity index (χ0n) is 10.6. The molecule has 2 aromatic rings. The fourth-order valence-electron chi connectivity index (χ4n) is 2.31. The van der Waals surface area contributed by atoms with Crippen LogP contribution in [0.1, 0.15) is 16.1 Å². The summed E-state index contributed by atoms with van der Waals surface area (Å²) in [6.07, 6.45) is 0. The Kier molecular flexibility index (Phi) is 2.98.